The first kappa shape index (κ1) is 23.2. The first-order chi connectivity index (χ1) is 13.6. The SMILES string of the molecule is CC(=O)Nc1ccc(NC(=S)N[C@@H](NC(=O)Cc2ccccc2)C(Cl)(Cl)Cl)cc1. The summed E-state index contributed by atoms with van der Waals surface area (Å²) >= 11 is 23.2. The van der Waals surface area contributed by atoms with Gasteiger partial charge in [-0.15, -0.1) is 0 Å². The molecule has 2 aromatic carbocycles. The molecule has 0 saturated carbocycles. The van der Waals surface area contributed by atoms with Gasteiger partial charge in [0.15, 0.2) is 5.11 Å². The third kappa shape index (κ3) is 8.45. The van der Waals surface area contributed by atoms with Crippen LogP contribution in [0.3, 0.4) is 0 Å². The number of hydrogen-bond donors (Lipinski definition) is 4. The van der Waals surface area contributed by atoms with Crippen LogP contribution in [0.1, 0.15) is 12.5 Å². The second kappa shape index (κ2) is 10.6. The van der Waals surface area contributed by atoms with Crippen molar-refractivity contribution in [2.75, 3.05) is 10.6 Å². The Balaban J connectivity index is 1.95. The van der Waals surface area contributed by atoms with Gasteiger partial charge < -0.3 is 21.3 Å². The molecule has 0 heterocycles. The quantitative estimate of drug-likeness (QED) is 0.290. The van der Waals surface area contributed by atoms with E-state index in [2.05, 4.69) is 21.3 Å². The number of rotatable bonds is 6. The smallest absolute Gasteiger partial charge is 0.228 e. The van der Waals surface area contributed by atoms with E-state index in [-0.39, 0.29) is 23.3 Å². The van der Waals surface area contributed by atoms with Crippen LogP contribution in [0.2, 0.25) is 0 Å². The minimum Gasteiger partial charge on any atom is -0.339 e. The molecule has 0 unspecified atom stereocenters. The fourth-order valence-corrected chi connectivity index (χ4v) is 2.89. The Morgan fingerprint density at radius 2 is 1.48 bits per heavy atom. The van der Waals surface area contributed by atoms with Crippen molar-refractivity contribution >= 4 is 75.3 Å². The van der Waals surface area contributed by atoms with Crippen molar-refractivity contribution in [2.24, 2.45) is 0 Å². The second-order valence-electron chi connectivity index (χ2n) is 6.06. The molecule has 0 aliphatic carbocycles. The van der Waals surface area contributed by atoms with Crippen molar-refractivity contribution in [3.8, 4) is 0 Å². The van der Waals surface area contributed by atoms with Gasteiger partial charge in [0, 0.05) is 18.3 Å². The minimum atomic E-state index is -1.84. The van der Waals surface area contributed by atoms with Gasteiger partial charge in [0.05, 0.1) is 6.42 Å². The molecule has 29 heavy (non-hydrogen) atoms. The van der Waals surface area contributed by atoms with Crippen LogP contribution < -0.4 is 21.3 Å². The first-order valence-corrected chi connectivity index (χ1v) is 10.0. The number of alkyl halides is 3. The van der Waals surface area contributed by atoms with E-state index in [0.29, 0.717) is 11.4 Å². The van der Waals surface area contributed by atoms with Crippen molar-refractivity contribution in [1.29, 1.82) is 0 Å². The minimum absolute atomic E-state index is 0.130. The molecule has 0 aromatic heterocycles. The predicted molar refractivity (Wildman–Crippen MR) is 122 cm³/mol. The largest absolute Gasteiger partial charge is 0.339 e. The van der Waals surface area contributed by atoms with Gasteiger partial charge in [-0.2, -0.15) is 0 Å². The Morgan fingerprint density at radius 1 is 0.931 bits per heavy atom. The van der Waals surface area contributed by atoms with Crippen LogP contribution in [0, 0.1) is 0 Å². The number of halogens is 3. The van der Waals surface area contributed by atoms with Gasteiger partial charge in [-0.05, 0) is 42.0 Å². The summed E-state index contributed by atoms with van der Waals surface area (Å²) in [6, 6.07) is 16.0. The van der Waals surface area contributed by atoms with Gasteiger partial charge in [0.25, 0.3) is 0 Å². The lowest BCUT2D eigenvalue weighted by Gasteiger charge is -2.27. The Labute approximate surface area is 189 Å². The average molecular weight is 474 g/mol. The Bertz CT molecular complexity index is 858. The van der Waals surface area contributed by atoms with Crippen LogP contribution in [0.4, 0.5) is 11.4 Å². The summed E-state index contributed by atoms with van der Waals surface area (Å²) in [5.74, 6) is -0.498. The highest BCUT2D eigenvalue weighted by Crippen LogP contribution is 2.29. The van der Waals surface area contributed by atoms with Crippen LogP contribution in [-0.4, -0.2) is 26.9 Å². The summed E-state index contributed by atoms with van der Waals surface area (Å²) < 4.78 is -1.84. The molecular weight excluding hydrogens is 455 g/mol. The molecule has 0 bridgehead atoms. The number of nitrogens with one attached hydrogen (secondary N) is 4. The van der Waals surface area contributed by atoms with Gasteiger partial charge in [-0.25, -0.2) is 0 Å². The normalized spacial score (nSPS) is 11.9. The third-order valence-corrected chi connectivity index (χ3v) is 4.45. The molecule has 0 aliphatic heterocycles. The summed E-state index contributed by atoms with van der Waals surface area (Å²) in [5, 5.41) is 11.2. The number of hydrogen-bond acceptors (Lipinski definition) is 3. The van der Waals surface area contributed by atoms with Crippen molar-refractivity contribution in [2.45, 2.75) is 23.3 Å². The van der Waals surface area contributed by atoms with Crippen molar-refractivity contribution in [3.63, 3.8) is 0 Å². The lowest BCUT2D eigenvalue weighted by molar-refractivity contribution is -0.121. The first-order valence-electron chi connectivity index (χ1n) is 8.48. The van der Waals surface area contributed by atoms with E-state index in [1.54, 1.807) is 24.3 Å². The van der Waals surface area contributed by atoms with E-state index in [1.165, 1.54) is 6.92 Å². The van der Waals surface area contributed by atoms with Crippen molar-refractivity contribution in [3.05, 3.63) is 60.2 Å². The number of amides is 2. The summed E-state index contributed by atoms with van der Waals surface area (Å²) in [5.41, 5.74) is 2.12. The molecule has 0 aliphatic rings. The van der Waals surface area contributed by atoms with Crippen LogP contribution >= 0.6 is 47.0 Å². The van der Waals surface area contributed by atoms with E-state index in [4.69, 9.17) is 47.0 Å². The topological polar surface area (TPSA) is 82.3 Å². The third-order valence-electron chi connectivity index (χ3n) is 3.58. The highest BCUT2D eigenvalue weighted by Gasteiger charge is 2.34. The molecule has 4 N–H and O–H groups in total. The Morgan fingerprint density at radius 3 is 2.00 bits per heavy atom. The maximum Gasteiger partial charge on any atom is 0.228 e. The molecule has 0 fully saturated rings. The highest BCUT2D eigenvalue weighted by atomic mass is 35.6. The van der Waals surface area contributed by atoms with E-state index in [1.807, 2.05) is 30.3 Å². The lowest BCUT2D eigenvalue weighted by atomic mass is 10.1. The summed E-state index contributed by atoms with van der Waals surface area (Å²) in [7, 11) is 0. The van der Waals surface area contributed by atoms with Crippen molar-refractivity contribution in [1.82, 2.24) is 10.6 Å². The summed E-state index contributed by atoms with van der Waals surface area (Å²) in [6.07, 6.45) is -0.924. The van der Waals surface area contributed by atoms with Crippen LogP contribution in [-0.2, 0) is 16.0 Å². The van der Waals surface area contributed by atoms with Crippen LogP contribution in [0.5, 0.6) is 0 Å². The molecule has 2 amide bonds. The fraction of sp³-hybridized carbons (Fsp3) is 0.211. The van der Waals surface area contributed by atoms with E-state index in [0.717, 1.165) is 5.56 Å². The monoisotopic (exact) mass is 472 g/mol. The summed E-state index contributed by atoms with van der Waals surface area (Å²) in [6.45, 7) is 1.42. The van der Waals surface area contributed by atoms with Gasteiger partial charge in [0.2, 0.25) is 15.6 Å². The molecule has 0 radical (unpaired) electrons. The lowest BCUT2D eigenvalue weighted by Crippen LogP contribution is -2.56. The van der Waals surface area contributed by atoms with Gasteiger partial charge in [-0.3, -0.25) is 9.59 Å². The predicted octanol–water partition coefficient (Wildman–Crippen LogP) is 3.99. The highest BCUT2D eigenvalue weighted by molar-refractivity contribution is 7.80. The molecule has 10 heteroatoms. The molecular formula is C19H19Cl3N4O2S. The maximum absolute atomic E-state index is 12.3. The van der Waals surface area contributed by atoms with Gasteiger partial charge in [0.1, 0.15) is 6.17 Å². The average Bonchev–Trinajstić information content (AvgIpc) is 2.62. The van der Waals surface area contributed by atoms with Crippen LogP contribution in [0.25, 0.3) is 0 Å². The Hall–Kier alpha value is -2.06. The number of anilines is 2. The fourth-order valence-electron chi connectivity index (χ4n) is 2.33. The number of carbonyl (C=O) groups excluding carboxylic acids is 2. The molecule has 6 nitrogen and oxygen atoms in total. The number of thiocarbonyl (C=S) groups is 1. The second-order valence-corrected chi connectivity index (χ2v) is 8.84. The Kier molecular flexibility index (Phi) is 8.52. The zero-order chi connectivity index (χ0) is 21.4. The summed E-state index contributed by atoms with van der Waals surface area (Å²) in [4.78, 5) is 23.4. The molecule has 2 aromatic rings. The molecule has 154 valence electrons. The number of benzene rings is 2. The standard InChI is InChI=1S/C19H19Cl3N4O2S/c1-12(27)23-14-7-9-15(10-8-14)24-18(29)26-17(19(20,21)22)25-16(28)11-13-5-3-2-4-6-13/h2-10,17H,11H2,1H3,(H,23,27)(H,25,28)(H2,24,26,29)/t17-/m1/s1. The zero-order valence-electron chi connectivity index (χ0n) is 15.3. The number of carbonyl (C=O) groups is 2. The molecule has 1 atom stereocenters. The maximum atomic E-state index is 12.3. The molecule has 0 saturated heterocycles. The van der Waals surface area contributed by atoms with Crippen molar-refractivity contribution < 1.29 is 9.59 Å². The van der Waals surface area contributed by atoms with E-state index in [9.17, 15) is 9.59 Å². The van der Waals surface area contributed by atoms with E-state index < -0.39 is 9.96 Å². The van der Waals surface area contributed by atoms with Crippen LogP contribution in [0.15, 0.2) is 54.6 Å². The molecule has 0 spiro atoms. The van der Waals surface area contributed by atoms with Gasteiger partial charge in [-0.1, -0.05) is 65.1 Å². The van der Waals surface area contributed by atoms with E-state index >= 15 is 0 Å². The van der Waals surface area contributed by atoms with Gasteiger partial charge >= 0.3 is 0 Å². The molecule has 2 rings (SSSR count). The zero-order valence-corrected chi connectivity index (χ0v) is 18.4.